The van der Waals surface area contributed by atoms with E-state index in [0.29, 0.717) is 60.9 Å². The quantitative estimate of drug-likeness (QED) is 0.662. The van der Waals surface area contributed by atoms with E-state index >= 15 is 0 Å². The first-order valence-electron chi connectivity index (χ1n) is 11.1. The van der Waals surface area contributed by atoms with Gasteiger partial charge in [-0.2, -0.15) is 4.31 Å². The minimum absolute atomic E-state index is 0.137. The van der Waals surface area contributed by atoms with E-state index in [1.165, 1.54) is 9.87 Å². The summed E-state index contributed by atoms with van der Waals surface area (Å²) in [5, 5.41) is 0. The van der Waals surface area contributed by atoms with Crippen LogP contribution in [0.5, 0.6) is 0 Å². The first-order valence-corrected chi connectivity index (χ1v) is 14.1. The molecule has 0 aliphatic carbocycles. The molecule has 174 valence electrons. The van der Waals surface area contributed by atoms with Crippen LogP contribution in [-0.4, -0.2) is 64.5 Å². The Bertz CT molecular complexity index is 1150. The van der Waals surface area contributed by atoms with Crippen LogP contribution >= 0.6 is 0 Å². The molecule has 2 aliphatic heterocycles. The Kier molecular flexibility index (Phi) is 6.63. The number of benzene rings is 2. The van der Waals surface area contributed by atoms with Crippen molar-refractivity contribution >= 4 is 25.7 Å². The molecule has 9 heteroatoms. The molecular weight excluding hydrogens is 446 g/mol. The molecule has 2 aromatic rings. The van der Waals surface area contributed by atoms with E-state index in [4.69, 9.17) is 0 Å². The van der Waals surface area contributed by atoms with Crippen LogP contribution in [0.15, 0.2) is 47.4 Å². The van der Waals surface area contributed by atoms with Crippen LogP contribution in [0.1, 0.15) is 29.5 Å². The summed E-state index contributed by atoms with van der Waals surface area (Å²) in [5.41, 5.74) is 2.96. The summed E-state index contributed by atoms with van der Waals surface area (Å²) in [6.45, 7) is 7.00. The number of aryl methyl sites for hydroxylation is 2. The molecule has 32 heavy (non-hydrogen) atoms. The van der Waals surface area contributed by atoms with E-state index in [1.807, 2.05) is 18.2 Å². The van der Waals surface area contributed by atoms with Crippen molar-refractivity contribution in [3.05, 3.63) is 59.2 Å². The number of hydrogen-bond acceptors (Lipinski definition) is 5. The predicted octanol–water partition coefficient (Wildman–Crippen LogP) is 2.74. The third-order valence-electron chi connectivity index (χ3n) is 6.26. The topological polar surface area (TPSA) is 78.0 Å². The monoisotopic (exact) mass is 477 g/mol. The zero-order valence-electron chi connectivity index (χ0n) is 18.7. The van der Waals surface area contributed by atoms with Crippen LogP contribution in [0, 0.1) is 13.8 Å². The van der Waals surface area contributed by atoms with Crippen molar-refractivity contribution in [2.45, 2.75) is 38.1 Å². The zero-order valence-corrected chi connectivity index (χ0v) is 20.3. The summed E-state index contributed by atoms with van der Waals surface area (Å²) in [6, 6.07) is 13.6. The van der Waals surface area contributed by atoms with Gasteiger partial charge in [-0.05, 0) is 55.5 Å². The van der Waals surface area contributed by atoms with Crippen molar-refractivity contribution in [2.75, 3.05) is 42.8 Å². The van der Waals surface area contributed by atoms with E-state index in [-0.39, 0.29) is 5.75 Å². The van der Waals surface area contributed by atoms with Gasteiger partial charge in [-0.1, -0.05) is 30.3 Å². The Morgan fingerprint density at radius 1 is 0.875 bits per heavy atom. The van der Waals surface area contributed by atoms with Gasteiger partial charge in [0, 0.05) is 39.3 Å². The van der Waals surface area contributed by atoms with Gasteiger partial charge >= 0.3 is 0 Å². The van der Waals surface area contributed by atoms with Gasteiger partial charge in [0.05, 0.1) is 16.3 Å². The molecular formula is C23H31N3O4S2. The van der Waals surface area contributed by atoms with Crippen molar-refractivity contribution in [3.8, 4) is 0 Å². The van der Waals surface area contributed by atoms with Crippen LogP contribution in [0.3, 0.4) is 0 Å². The molecule has 0 bridgehead atoms. The normalized spacial score (nSPS) is 20.4. The smallest absolute Gasteiger partial charge is 0.243 e. The third kappa shape index (κ3) is 4.71. The third-order valence-corrected chi connectivity index (χ3v) is 10.3. The molecule has 0 spiro atoms. The average Bonchev–Trinajstić information content (AvgIpc) is 2.74. The SMILES string of the molecule is Cc1cc(N2CCCCS2(=O)=O)cc(C)c1S(=O)(=O)N1CCN(Cc2ccccc2)CC1. The zero-order chi connectivity index (χ0) is 22.9. The van der Waals surface area contributed by atoms with E-state index in [0.717, 1.165) is 13.0 Å². The number of anilines is 1. The molecule has 7 nitrogen and oxygen atoms in total. The Hall–Kier alpha value is -1.94. The largest absolute Gasteiger partial charge is 0.296 e. The van der Waals surface area contributed by atoms with E-state index in [1.54, 1.807) is 30.3 Å². The van der Waals surface area contributed by atoms with Gasteiger partial charge in [0.25, 0.3) is 0 Å². The van der Waals surface area contributed by atoms with Gasteiger partial charge in [0.15, 0.2) is 0 Å². The standard InChI is InChI=1S/C23H31N3O4S2/c1-19-16-22(26-10-6-7-15-31(26,27)28)17-20(2)23(19)32(29,30)25-13-11-24(12-14-25)18-21-8-4-3-5-9-21/h3-5,8-9,16-17H,6-7,10-15,18H2,1-2H3. The number of piperazine rings is 1. The summed E-state index contributed by atoms with van der Waals surface area (Å²) in [6.07, 6.45) is 1.48. The Morgan fingerprint density at radius 2 is 1.50 bits per heavy atom. The van der Waals surface area contributed by atoms with Crippen molar-refractivity contribution in [1.82, 2.24) is 9.21 Å². The fourth-order valence-corrected chi connectivity index (χ4v) is 8.11. The van der Waals surface area contributed by atoms with Gasteiger partial charge in [-0.15, -0.1) is 0 Å². The number of hydrogen-bond donors (Lipinski definition) is 0. The van der Waals surface area contributed by atoms with Crippen LogP contribution in [-0.2, 0) is 26.6 Å². The van der Waals surface area contributed by atoms with Gasteiger partial charge in [-0.3, -0.25) is 9.21 Å². The number of nitrogens with zero attached hydrogens (tertiary/aromatic N) is 3. The predicted molar refractivity (Wildman–Crippen MR) is 127 cm³/mol. The average molecular weight is 478 g/mol. The minimum Gasteiger partial charge on any atom is -0.296 e. The minimum atomic E-state index is -3.66. The second-order valence-corrected chi connectivity index (χ2v) is 12.6. The van der Waals surface area contributed by atoms with Crippen molar-refractivity contribution in [3.63, 3.8) is 0 Å². The molecule has 0 N–H and O–H groups in total. The molecule has 0 atom stereocenters. The van der Waals surface area contributed by atoms with E-state index in [2.05, 4.69) is 17.0 Å². The lowest BCUT2D eigenvalue weighted by Crippen LogP contribution is -2.48. The van der Waals surface area contributed by atoms with E-state index < -0.39 is 20.0 Å². The highest BCUT2D eigenvalue weighted by molar-refractivity contribution is 7.92. The van der Waals surface area contributed by atoms with Crippen molar-refractivity contribution in [2.24, 2.45) is 0 Å². The lowest BCUT2D eigenvalue weighted by Gasteiger charge is -2.35. The maximum Gasteiger partial charge on any atom is 0.243 e. The highest BCUT2D eigenvalue weighted by Crippen LogP contribution is 2.32. The van der Waals surface area contributed by atoms with Crippen LogP contribution in [0.25, 0.3) is 0 Å². The maximum atomic E-state index is 13.5. The van der Waals surface area contributed by atoms with Crippen molar-refractivity contribution < 1.29 is 16.8 Å². The molecule has 0 radical (unpaired) electrons. The van der Waals surface area contributed by atoms with Crippen LogP contribution < -0.4 is 4.31 Å². The Morgan fingerprint density at radius 3 is 2.09 bits per heavy atom. The summed E-state index contributed by atoms with van der Waals surface area (Å²) >= 11 is 0. The molecule has 0 amide bonds. The molecule has 0 saturated carbocycles. The molecule has 2 saturated heterocycles. The van der Waals surface area contributed by atoms with Crippen LogP contribution in [0.2, 0.25) is 0 Å². The first-order chi connectivity index (χ1) is 15.2. The lowest BCUT2D eigenvalue weighted by atomic mass is 10.1. The van der Waals surface area contributed by atoms with Gasteiger partial charge in [0.2, 0.25) is 20.0 Å². The van der Waals surface area contributed by atoms with Gasteiger partial charge in [0.1, 0.15) is 0 Å². The molecule has 2 aromatic carbocycles. The molecule has 2 heterocycles. The van der Waals surface area contributed by atoms with Gasteiger partial charge in [-0.25, -0.2) is 16.8 Å². The first kappa shape index (κ1) is 23.2. The fraction of sp³-hybridized carbons (Fsp3) is 0.478. The highest BCUT2D eigenvalue weighted by Gasteiger charge is 2.32. The van der Waals surface area contributed by atoms with E-state index in [9.17, 15) is 16.8 Å². The van der Waals surface area contributed by atoms with Crippen molar-refractivity contribution in [1.29, 1.82) is 0 Å². The molecule has 0 aromatic heterocycles. The molecule has 2 aliphatic rings. The van der Waals surface area contributed by atoms with Crippen LogP contribution in [0.4, 0.5) is 5.69 Å². The molecule has 0 unspecified atom stereocenters. The number of sulfonamides is 2. The highest BCUT2D eigenvalue weighted by atomic mass is 32.2. The number of rotatable bonds is 5. The summed E-state index contributed by atoms with van der Waals surface area (Å²) in [7, 11) is -7.00. The summed E-state index contributed by atoms with van der Waals surface area (Å²) in [4.78, 5) is 2.57. The second kappa shape index (κ2) is 9.13. The molecule has 4 rings (SSSR count). The Labute approximate surface area is 191 Å². The fourth-order valence-electron chi connectivity index (χ4n) is 4.66. The summed E-state index contributed by atoms with van der Waals surface area (Å²) in [5.74, 6) is 0.137. The Balaban J connectivity index is 1.52. The van der Waals surface area contributed by atoms with Gasteiger partial charge < -0.3 is 0 Å². The maximum absolute atomic E-state index is 13.5. The molecule has 2 fully saturated rings. The lowest BCUT2D eigenvalue weighted by molar-refractivity contribution is 0.181. The summed E-state index contributed by atoms with van der Waals surface area (Å²) < 4.78 is 54.9. The second-order valence-electron chi connectivity index (χ2n) is 8.67.